The molecule has 0 heterocycles. The number of alkyl halides is 4. The van der Waals surface area contributed by atoms with Crippen LogP contribution in [0.2, 0.25) is 0 Å². The third-order valence-electron chi connectivity index (χ3n) is 0. The topological polar surface area (TPSA) is 0 Å². The predicted molar refractivity (Wildman–Crippen MR) is 16.7 cm³/mol. The summed E-state index contributed by atoms with van der Waals surface area (Å²) in [6.07, 6.45) is 0. The van der Waals surface area contributed by atoms with E-state index < -0.39 is 4.84 Å². The van der Waals surface area contributed by atoms with Gasteiger partial charge in [-0.05, 0) is 23.2 Å². The lowest BCUT2D eigenvalue weighted by atomic mass is 11.7. The second-order valence-corrected chi connectivity index (χ2v) is 1.57. The van der Waals surface area contributed by atoms with Gasteiger partial charge >= 0.3 is 4.84 Å². The number of halogens is 4. The van der Waals surface area contributed by atoms with E-state index in [1.807, 2.05) is 0 Å². The first-order chi connectivity index (χ1) is 2.00. The van der Waals surface area contributed by atoms with E-state index >= 15 is 0 Å². The lowest BCUT2D eigenvalue weighted by Crippen LogP contribution is -1.86. The summed E-state index contributed by atoms with van der Waals surface area (Å²) in [5.41, 5.74) is 0. The molecule has 0 radical (unpaired) electrons. The molecular formula is CCl2F2. The highest BCUT2D eigenvalue weighted by atomic mass is 35.1. The third kappa shape index (κ3) is 137. The third-order valence-corrected chi connectivity index (χ3v) is 0. The van der Waals surface area contributed by atoms with Gasteiger partial charge in [-0.1, -0.05) is 0 Å². The van der Waals surface area contributed by atoms with Gasteiger partial charge in [-0.3, -0.25) is 0 Å². The van der Waals surface area contributed by atoms with Crippen molar-refractivity contribution in [1.29, 1.82) is 0 Å². The summed E-state index contributed by atoms with van der Waals surface area (Å²) in [6.45, 7) is 0. The van der Waals surface area contributed by atoms with Gasteiger partial charge in [-0.25, -0.2) is 0 Å². The smallest absolute Gasteiger partial charge is 0.172 e. The molecule has 0 aromatic heterocycles. The van der Waals surface area contributed by atoms with Crippen molar-refractivity contribution in [3.8, 4) is 0 Å². The standard InChI is InChI=1S/CCl2F2/c2-1(3,4)5/i2+0,3+0. The van der Waals surface area contributed by atoms with Crippen molar-refractivity contribution in [2.75, 3.05) is 0 Å². The Bertz CT molecular complexity index is 23.1. The Hall–Kier alpha value is 0.440. The maximum Gasteiger partial charge on any atom is 0.401 e. The maximum atomic E-state index is 10.6. The highest BCUT2D eigenvalue weighted by Gasteiger charge is 2.17. The lowest BCUT2D eigenvalue weighted by Gasteiger charge is -1.87. The maximum absolute atomic E-state index is 10.6. The number of hydrogen-bond donors (Lipinski definition) is 0. The van der Waals surface area contributed by atoms with E-state index in [9.17, 15) is 8.78 Å². The van der Waals surface area contributed by atoms with Crippen LogP contribution in [0.4, 0.5) is 8.78 Å². The van der Waals surface area contributed by atoms with Gasteiger partial charge in [0.1, 0.15) is 0 Å². The van der Waals surface area contributed by atoms with Crippen molar-refractivity contribution in [3.05, 3.63) is 0 Å². The quantitative estimate of drug-likeness (QED) is 0.429. The van der Waals surface area contributed by atoms with E-state index in [4.69, 9.17) is 0 Å². The molecule has 0 amide bonds. The van der Waals surface area contributed by atoms with E-state index in [0.717, 1.165) is 0 Å². The fourth-order valence-corrected chi connectivity index (χ4v) is 0. The molecule has 0 unspecified atom stereocenters. The van der Waals surface area contributed by atoms with Crippen molar-refractivity contribution in [3.63, 3.8) is 0 Å². The molecule has 4 heteroatoms. The zero-order chi connectivity index (χ0) is 4.50. The zero-order valence-corrected chi connectivity index (χ0v) is 3.52. The molecule has 32 valence electrons. The van der Waals surface area contributed by atoms with Gasteiger partial charge in [0.15, 0.2) is 0 Å². The lowest BCUT2D eigenvalue weighted by molar-refractivity contribution is 0.194. The molecule has 0 saturated carbocycles. The van der Waals surface area contributed by atoms with Gasteiger partial charge in [-0.2, -0.15) is 8.78 Å². The van der Waals surface area contributed by atoms with Gasteiger partial charge in [0.2, 0.25) is 0 Å². The number of rotatable bonds is 0. The Morgan fingerprint density at radius 1 is 1.20 bits per heavy atom. The predicted octanol–water partition coefficient (Wildman–Crippen LogP) is 2.01. The van der Waals surface area contributed by atoms with Crippen LogP contribution in [0.5, 0.6) is 0 Å². The molecule has 0 nitrogen and oxygen atoms in total. The molecule has 0 rings (SSSR count). The molecule has 0 aromatic carbocycles. The summed E-state index contributed by atoms with van der Waals surface area (Å²) in [4.78, 5) is -3.56. The Labute approximate surface area is 37.7 Å². The summed E-state index contributed by atoms with van der Waals surface area (Å²) < 4.78 is 21.1. The first kappa shape index (κ1) is 5.44. The molecule has 0 aliphatic rings. The SMILES string of the molecule is FC(F)([35Cl])[35Cl]. The van der Waals surface area contributed by atoms with Crippen LogP contribution in [0, 0.1) is 0 Å². The van der Waals surface area contributed by atoms with E-state index in [-0.39, 0.29) is 0 Å². The summed E-state index contributed by atoms with van der Waals surface area (Å²) >= 11 is 7.92. The Balaban J connectivity index is 3.02. The summed E-state index contributed by atoms with van der Waals surface area (Å²) in [5, 5.41) is 0. The van der Waals surface area contributed by atoms with Gasteiger partial charge < -0.3 is 0 Å². The summed E-state index contributed by atoms with van der Waals surface area (Å²) in [7, 11) is 0. The average Bonchev–Trinajstić information content (AvgIpc) is 0.722. The average molecular weight is 120 g/mol. The van der Waals surface area contributed by atoms with Crippen molar-refractivity contribution >= 4 is 23.2 Å². The molecule has 0 saturated heterocycles. The van der Waals surface area contributed by atoms with E-state index in [1.165, 1.54) is 0 Å². The first-order valence-corrected chi connectivity index (χ1v) is 1.51. The molecule has 0 spiro atoms. The molecule has 0 aromatic rings. The fraction of sp³-hybridized carbons (Fsp3) is 1.00. The van der Waals surface area contributed by atoms with Crippen LogP contribution in [-0.2, 0) is 0 Å². The highest BCUT2D eigenvalue weighted by Crippen LogP contribution is 2.22. The van der Waals surface area contributed by atoms with Crippen LogP contribution in [0.15, 0.2) is 0 Å². The second kappa shape index (κ2) is 1.27. The van der Waals surface area contributed by atoms with Crippen LogP contribution in [0.1, 0.15) is 0 Å². The molecular weight excluding hydrogens is 120 g/mol. The summed E-state index contributed by atoms with van der Waals surface area (Å²) in [6, 6.07) is 0. The normalized spacial score (nSPS) is 12.0. The Morgan fingerprint density at radius 2 is 1.20 bits per heavy atom. The van der Waals surface area contributed by atoms with Crippen molar-refractivity contribution in [2.45, 2.75) is 4.84 Å². The first-order valence-electron chi connectivity index (χ1n) is 0.756. The Morgan fingerprint density at radius 3 is 1.20 bits per heavy atom. The van der Waals surface area contributed by atoms with Crippen LogP contribution < -0.4 is 0 Å². The van der Waals surface area contributed by atoms with Crippen LogP contribution >= 0.6 is 23.2 Å². The molecule has 0 aliphatic heterocycles. The van der Waals surface area contributed by atoms with E-state index in [0.29, 0.717) is 0 Å². The van der Waals surface area contributed by atoms with Crippen LogP contribution in [0.25, 0.3) is 0 Å². The minimum absolute atomic E-state index is 3.56. The van der Waals surface area contributed by atoms with Crippen molar-refractivity contribution < 1.29 is 8.78 Å². The molecule has 5 heavy (non-hydrogen) atoms. The van der Waals surface area contributed by atoms with Gasteiger partial charge in [0, 0.05) is 0 Å². The number of hydrogen-bond acceptors (Lipinski definition) is 0. The van der Waals surface area contributed by atoms with Crippen molar-refractivity contribution in [1.82, 2.24) is 0 Å². The second-order valence-electron chi connectivity index (χ2n) is 0.429. The van der Waals surface area contributed by atoms with Crippen LogP contribution in [0.3, 0.4) is 0 Å². The van der Waals surface area contributed by atoms with E-state index in [1.54, 1.807) is 0 Å². The van der Waals surface area contributed by atoms with Crippen LogP contribution in [-0.4, -0.2) is 4.84 Å². The molecule has 0 atom stereocenters. The largest absolute Gasteiger partial charge is 0.401 e. The van der Waals surface area contributed by atoms with Crippen molar-refractivity contribution in [2.24, 2.45) is 0 Å². The van der Waals surface area contributed by atoms with Gasteiger partial charge in [0.05, 0.1) is 0 Å². The van der Waals surface area contributed by atoms with Gasteiger partial charge in [0.25, 0.3) is 0 Å². The molecule has 0 aliphatic carbocycles. The molecule has 0 fully saturated rings. The zero-order valence-electron chi connectivity index (χ0n) is 2.01. The Kier molecular flexibility index (Phi) is 1.38. The molecule has 0 bridgehead atoms. The minimum Gasteiger partial charge on any atom is -0.172 e. The van der Waals surface area contributed by atoms with Gasteiger partial charge in [-0.15, -0.1) is 0 Å². The minimum atomic E-state index is -3.56. The fourth-order valence-electron chi connectivity index (χ4n) is 0. The molecule has 0 N–H and O–H groups in total. The monoisotopic (exact) mass is 120 g/mol. The summed E-state index contributed by atoms with van der Waals surface area (Å²) in [5.74, 6) is 0. The van der Waals surface area contributed by atoms with E-state index in [2.05, 4.69) is 23.2 Å². The highest BCUT2D eigenvalue weighted by molar-refractivity contribution is 6.45.